The maximum atomic E-state index is 12.5. The molecule has 1 fully saturated rings. The Morgan fingerprint density at radius 2 is 2.00 bits per heavy atom. The van der Waals surface area contributed by atoms with Gasteiger partial charge in [-0.2, -0.15) is 0 Å². The number of ether oxygens (including phenoxy) is 2. The average molecular weight is 312 g/mol. The second kappa shape index (κ2) is 6.67. The second-order valence-electron chi connectivity index (χ2n) is 5.67. The van der Waals surface area contributed by atoms with Crippen LogP contribution in [0.3, 0.4) is 0 Å². The van der Waals surface area contributed by atoms with Crippen molar-refractivity contribution in [1.29, 1.82) is 0 Å². The summed E-state index contributed by atoms with van der Waals surface area (Å²) < 4.78 is 11.4. The van der Waals surface area contributed by atoms with Gasteiger partial charge >= 0.3 is 0 Å². The lowest BCUT2D eigenvalue weighted by Gasteiger charge is -2.36. The minimum atomic E-state index is -0.526. The van der Waals surface area contributed by atoms with E-state index >= 15 is 0 Å². The number of morpholine rings is 1. The van der Waals surface area contributed by atoms with Crippen LogP contribution in [0.1, 0.15) is 26.3 Å². The molecular weight excluding hydrogens is 290 g/mol. The number of hydrogen-bond donors (Lipinski definition) is 0. The van der Waals surface area contributed by atoms with Crippen LogP contribution in [-0.4, -0.2) is 42.2 Å². The van der Waals surface area contributed by atoms with E-state index in [2.05, 4.69) is 0 Å². The Bertz CT molecular complexity index is 510. The Morgan fingerprint density at radius 3 is 2.57 bits per heavy atom. The monoisotopic (exact) mass is 311 g/mol. The van der Waals surface area contributed by atoms with Crippen LogP contribution in [0, 0.1) is 6.92 Å². The molecular formula is C16H22ClNO3. The summed E-state index contributed by atoms with van der Waals surface area (Å²) in [5.41, 5.74) is 0.922. The van der Waals surface area contributed by atoms with Gasteiger partial charge in [0.15, 0.2) is 6.10 Å². The summed E-state index contributed by atoms with van der Waals surface area (Å²) in [4.78, 5) is 14.3. The van der Waals surface area contributed by atoms with Crippen molar-refractivity contribution in [2.45, 2.75) is 46.0 Å². The number of benzene rings is 1. The summed E-state index contributed by atoms with van der Waals surface area (Å²) in [6.07, 6.45) is -0.410. The molecule has 1 aromatic rings. The first-order valence-corrected chi connectivity index (χ1v) is 7.61. The lowest BCUT2D eigenvalue weighted by atomic mass is 10.2. The van der Waals surface area contributed by atoms with Gasteiger partial charge in [-0.15, -0.1) is 0 Å². The first-order valence-electron chi connectivity index (χ1n) is 7.24. The number of carbonyl (C=O) groups excluding carboxylic acids is 1. The highest BCUT2D eigenvalue weighted by molar-refractivity contribution is 6.30. The van der Waals surface area contributed by atoms with Gasteiger partial charge in [0.05, 0.1) is 12.2 Å². The predicted octanol–water partition coefficient (Wildman–Crippen LogP) is 3.05. The zero-order valence-electron chi connectivity index (χ0n) is 12.9. The van der Waals surface area contributed by atoms with Gasteiger partial charge in [0.2, 0.25) is 0 Å². The van der Waals surface area contributed by atoms with Crippen LogP contribution in [0.4, 0.5) is 0 Å². The third-order valence-corrected chi connectivity index (χ3v) is 3.75. The molecule has 0 bridgehead atoms. The summed E-state index contributed by atoms with van der Waals surface area (Å²) in [5.74, 6) is 0.681. The van der Waals surface area contributed by atoms with Crippen molar-refractivity contribution in [3.8, 4) is 5.75 Å². The van der Waals surface area contributed by atoms with Crippen molar-refractivity contribution in [3.63, 3.8) is 0 Å². The highest BCUT2D eigenvalue weighted by Crippen LogP contribution is 2.23. The van der Waals surface area contributed by atoms with Gasteiger partial charge in [0, 0.05) is 18.1 Å². The molecule has 1 aliphatic heterocycles. The number of halogens is 1. The molecule has 0 N–H and O–H groups in total. The molecule has 1 aliphatic rings. The number of hydrogen-bond acceptors (Lipinski definition) is 3. The predicted molar refractivity (Wildman–Crippen MR) is 82.9 cm³/mol. The van der Waals surface area contributed by atoms with Crippen LogP contribution < -0.4 is 4.74 Å². The zero-order chi connectivity index (χ0) is 15.6. The van der Waals surface area contributed by atoms with Crippen molar-refractivity contribution in [3.05, 3.63) is 28.8 Å². The average Bonchev–Trinajstić information content (AvgIpc) is 2.40. The molecule has 1 saturated heterocycles. The minimum absolute atomic E-state index is 0.00801. The Morgan fingerprint density at radius 1 is 1.38 bits per heavy atom. The zero-order valence-corrected chi connectivity index (χ0v) is 13.7. The minimum Gasteiger partial charge on any atom is -0.481 e. The molecule has 116 valence electrons. The lowest BCUT2D eigenvalue weighted by molar-refractivity contribution is -0.149. The molecule has 1 heterocycles. The fraction of sp³-hybridized carbons (Fsp3) is 0.562. The molecule has 3 atom stereocenters. The number of nitrogens with zero attached hydrogens (tertiary/aromatic N) is 1. The van der Waals surface area contributed by atoms with Gasteiger partial charge in [0.1, 0.15) is 5.75 Å². The van der Waals surface area contributed by atoms with Gasteiger partial charge in [-0.1, -0.05) is 11.6 Å². The Labute approximate surface area is 131 Å². The van der Waals surface area contributed by atoms with E-state index in [-0.39, 0.29) is 18.1 Å². The first kappa shape index (κ1) is 16.1. The van der Waals surface area contributed by atoms with Gasteiger partial charge in [-0.05, 0) is 51.5 Å². The van der Waals surface area contributed by atoms with E-state index in [1.807, 2.05) is 31.7 Å². The largest absolute Gasteiger partial charge is 0.481 e. The fourth-order valence-corrected chi connectivity index (χ4v) is 2.83. The normalized spacial score (nSPS) is 23.8. The van der Waals surface area contributed by atoms with Crippen molar-refractivity contribution in [2.75, 3.05) is 13.1 Å². The second-order valence-corrected chi connectivity index (χ2v) is 6.11. The molecule has 0 radical (unpaired) electrons. The molecule has 4 nitrogen and oxygen atoms in total. The smallest absolute Gasteiger partial charge is 0.263 e. The summed E-state index contributed by atoms with van der Waals surface area (Å²) >= 11 is 5.93. The molecule has 0 unspecified atom stereocenters. The van der Waals surface area contributed by atoms with Gasteiger partial charge in [-0.3, -0.25) is 4.79 Å². The van der Waals surface area contributed by atoms with Crippen LogP contribution in [0.5, 0.6) is 5.75 Å². The van der Waals surface area contributed by atoms with Crippen LogP contribution >= 0.6 is 11.6 Å². The summed E-state index contributed by atoms with van der Waals surface area (Å²) in [6.45, 7) is 8.86. The van der Waals surface area contributed by atoms with Crippen molar-refractivity contribution in [2.24, 2.45) is 0 Å². The van der Waals surface area contributed by atoms with Gasteiger partial charge in [-0.25, -0.2) is 0 Å². The van der Waals surface area contributed by atoms with E-state index < -0.39 is 6.10 Å². The summed E-state index contributed by atoms with van der Waals surface area (Å²) in [5, 5.41) is 0.662. The van der Waals surface area contributed by atoms with Crippen molar-refractivity contribution < 1.29 is 14.3 Å². The fourth-order valence-electron chi connectivity index (χ4n) is 2.60. The Balaban J connectivity index is 2.02. The Kier molecular flexibility index (Phi) is 5.12. The molecule has 1 aromatic carbocycles. The molecule has 2 rings (SSSR count). The van der Waals surface area contributed by atoms with Gasteiger partial charge < -0.3 is 14.4 Å². The molecule has 0 aliphatic carbocycles. The molecule has 0 spiro atoms. The van der Waals surface area contributed by atoms with E-state index in [9.17, 15) is 4.79 Å². The quantitative estimate of drug-likeness (QED) is 0.861. The third kappa shape index (κ3) is 4.11. The van der Waals surface area contributed by atoms with E-state index in [4.69, 9.17) is 21.1 Å². The highest BCUT2D eigenvalue weighted by atomic mass is 35.5. The summed E-state index contributed by atoms with van der Waals surface area (Å²) in [7, 11) is 0. The molecule has 1 amide bonds. The van der Waals surface area contributed by atoms with E-state index in [0.717, 1.165) is 5.56 Å². The molecule has 0 aromatic heterocycles. The van der Waals surface area contributed by atoms with E-state index in [1.165, 1.54) is 0 Å². The number of amides is 1. The Hall–Kier alpha value is -1.26. The van der Waals surface area contributed by atoms with Crippen molar-refractivity contribution in [1.82, 2.24) is 4.90 Å². The maximum absolute atomic E-state index is 12.5. The van der Waals surface area contributed by atoms with Gasteiger partial charge in [0.25, 0.3) is 5.91 Å². The van der Waals surface area contributed by atoms with Crippen LogP contribution in [-0.2, 0) is 9.53 Å². The number of rotatable bonds is 3. The SMILES string of the molecule is Cc1cc(Cl)ccc1O[C@@H](C)C(=O)N1C[C@@H](C)O[C@@H](C)C1. The lowest BCUT2D eigenvalue weighted by Crippen LogP contribution is -2.51. The molecule has 21 heavy (non-hydrogen) atoms. The maximum Gasteiger partial charge on any atom is 0.263 e. The number of aryl methyl sites for hydroxylation is 1. The topological polar surface area (TPSA) is 38.8 Å². The van der Waals surface area contributed by atoms with Crippen LogP contribution in [0.15, 0.2) is 18.2 Å². The summed E-state index contributed by atoms with van der Waals surface area (Å²) in [6, 6.07) is 5.39. The van der Waals surface area contributed by atoms with E-state index in [1.54, 1.807) is 19.1 Å². The highest BCUT2D eigenvalue weighted by Gasteiger charge is 2.29. The first-order chi connectivity index (χ1) is 9.86. The van der Waals surface area contributed by atoms with Crippen molar-refractivity contribution >= 4 is 17.5 Å². The van der Waals surface area contributed by atoms with Crippen LogP contribution in [0.25, 0.3) is 0 Å². The number of carbonyl (C=O) groups is 1. The molecule has 0 saturated carbocycles. The molecule has 5 heteroatoms. The van der Waals surface area contributed by atoms with Crippen LogP contribution in [0.2, 0.25) is 5.02 Å². The third-order valence-electron chi connectivity index (χ3n) is 3.52. The standard InChI is InChI=1S/C16H22ClNO3/c1-10-7-14(17)5-6-15(10)21-13(4)16(19)18-8-11(2)20-12(3)9-18/h5-7,11-13H,8-9H2,1-4H3/t11-,12+,13-/m0/s1. The van der Waals surface area contributed by atoms with E-state index in [0.29, 0.717) is 23.9 Å².